The van der Waals surface area contributed by atoms with Crippen LogP contribution in [-0.2, 0) is 16.4 Å². The summed E-state index contributed by atoms with van der Waals surface area (Å²) in [5.74, 6) is 0.0278. The number of rotatable bonds is 4. The molecule has 0 radical (unpaired) electrons. The topological polar surface area (TPSA) is 67.6 Å². The third kappa shape index (κ3) is 3.51. The monoisotopic (exact) mass is 351 g/mol. The first-order valence-corrected chi connectivity index (χ1v) is 9.49. The smallest absolute Gasteiger partial charge is 0.257 e. The van der Waals surface area contributed by atoms with Crippen LogP contribution in [0.2, 0.25) is 0 Å². The van der Waals surface area contributed by atoms with Crippen molar-refractivity contribution in [1.29, 1.82) is 0 Å². The lowest BCUT2D eigenvalue weighted by atomic mass is 10.1. The maximum absolute atomic E-state index is 14.0. The molecule has 5 nitrogen and oxygen atoms in total. The number of benzene rings is 1. The summed E-state index contributed by atoms with van der Waals surface area (Å²) in [5, 5.41) is 0. The van der Waals surface area contributed by atoms with Crippen molar-refractivity contribution in [2.45, 2.75) is 25.9 Å². The summed E-state index contributed by atoms with van der Waals surface area (Å²) >= 11 is 0. The van der Waals surface area contributed by atoms with Gasteiger partial charge in [-0.3, -0.25) is 4.79 Å². The molecule has 0 saturated carbocycles. The fraction of sp³-hybridized carbons (Fsp3) is 0.353. The number of furan rings is 1. The highest BCUT2D eigenvalue weighted by Gasteiger charge is 2.36. The molecule has 2 aromatic rings. The van der Waals surface area contributed by atoms with Gasteiger partial charge in [0.2, 0.25) is 0 Å². The van der Waals surface area contributed by atoms with E-state index in [-0.39, 0.29) is 23.6 Å². The highest BCUT2D eigenvalue weighted by Crippen LogP contribution is 2.23. The fourth-order valence-electron chi connectivity index (χ4n) is 2.92. The maximum atomic E-state index is 14.0. The quantitative estimate of drug-likeness (QED) is 0.849. The second-order valence-corrected chi connectivity index (χ2v) is 8.21. The lowest BCUT2D eigenvalue weighted by Crippen LogP contribution is -2.40. The SMILES string of the molecule is Cc1ccc(CN(C(=O)c2ccccc2F)[C@@H]2CCS(=O)(=O)C2)o1. The normalized spacial score (nSPS) is 19.3. The standard InChI is InChI=1S/C17H18FNO4S/c1-12-6-7-14(23-12)10-19(13-8-9-24(21,22)11-13)17(20)15-4-2-3-5-16(15)18/h2-7,13H,8-11H2,1H3/t13-/m1/s1. The third-order valence-corrected chi connectivity index (χ3v) is 5.89. The molecule has 0 aliphatic carbocycles. The molecular formula is C17H18FNO4S. The first kappa shape index (κ1) is 16.7. The molecule has 1 aromatic carbocycles. The van der Waals surface area contributed by atoms with E-state index in [0.717, 1.165) is 0 Å². The van der Waals surface area contributed by atoms with Gasteiger partial charge >= 0.3 is 0 Å². The van der Waals surface area contributed by atoms with Gasteiger partial charge in [-0.15, -0.1) is 0 Å². The lowest BCUT2D eigenvalue weighted by Gasteiger charge is -2.27. The van der Waals surface area contributed by atoms with Crippen molar-refractivity contribution in [2.24, 2.45) is 0 Å². The van der Waals surface area contributed by atoms with Gasteiger partial charge in [-0.05, 0) is 37.6 Å². The van der Waals surface area contributed by atoms with Crippen LogP contribution in [0.3, 0.4) is 0 Å². The van der Waals surface area contributed by atoms with Crippen LogP contribution in [0.4, 0.5) is 4.39 Å². The Hall–Kier alpha value is -2.15. The Bertz CT molecular complexity index is 859. The molecule has 24 heavy (non-hydrogen) atoms. The van der Waals surface area contributed by atoms with E-state index in [0.29, 0.717) is 17.9 Å². The molecule has 1 amide bonds. The van der Waals surface area contributed by atoms with Crippen LogP contribution >= 0.6 is 0 Å². The number of hydrogen-bond acceptors (Lipinski definition) is 4. The summed E-state index contributed by atoms with van der Waals surface area (Å²) in [6.07, 6.45) is 0.349. The Morgan fingerprint density at radius 3 is 2.62 bits per heavy atom. The average molecular weight is 351 g/mol. The van der Waals surface area contributed by atoms with Gasteiger partial charge in [-0.2, -0.15) is 0 Å². The molecular weight excluding hydrogens is 333 g/mol. The van der Waals surface area contributed by atoms with Gasteiger partial charge in [0.25, 0.3) is 5.91 Å². The van der Waals surface area contributed by atoms with E-state index >= 15 is 0 Å². The molecule has 1 saturated heterocycles. The van der Waals surface area contributed by atoms with Crippen LogP contribution in [0.15, 0.2) is 40.8 Å². The Morgan fingerprint density at radius 1 is 1.29 bits per heavy atom. The molecule has 1 atom stereocenters. The van der Waals surface area contributed by atoms with Crippen molar-refractivity contribution >= 4 is 15.7 Å². The summed E-state index contributed by atoms with van der Waals surface area (Å²) < 4.78 is 43.1. The van der Waals surface area contributed by atoms with Crippen LogP contribution in [0.25, 0.3) is 0 Å². The Balaban J connectivity index is 1.92. The number of aryl methyl sites for hydroxylation is 1. The number of carbonyl (C=O) groups is 1. The minimum absolute atomic E-state index is 0.0376. The van der Waals surface area contributed by atoms with Crippen LogP contribution in [0, 0.1) is 12.7 Å². The van der Waals surface area contributed by atoms with Gasteiger partial charge in [0.15, 0.2) is 9.84 Å². The summed E-state index contributed by atoms with van der Waals surface area (Å²) in [6, 6.07) is 8.73. The predicted octanol–water partition coefficient (Wildman–Crippen LogP) is 2.56. The lowest BCUT2D eigenvalue weighted by molar-refractivity contribution is 0.0660. The largest absolute Gasteiger partial charge is 0.464 e. The van der Waals surface area contributed by atoms with Crippen molar-refractivity contribution in [3.05, 3.63) is 59.3 Å². The number of carbonyl (C=O) groups excluding carboxylic acids is 1. The highest BCUT2D eigenvalue weighted by molar-refractivity contribution is 7.91. The van der Waals surface area contributed by atoms with Crippen LogP contribution in [-0.4, -0.2) is 36.8 Å². The molecule has 2 heterocycles. The number of sulfone groups is 1. The summed E-state index contributed by atoms with van der Waals surface area (Å²) in [7, 11) is -3.17. The van der Waals surface area contributed by atoms with Crippen LogP contribution in [0.5, 0.6) is 0 Å². The van der Waals surface area contributed by atoms with Crippen molar-refractivity contribution < 1.29 is 22.0 Å². The molecule has 0 spiro atoms. The van der Waals surface area contributed by atoms with Gasteiger partial charge in [-0.25, -0.2) is 12.8 Å². The van der Waals surface area contributed by atoms with Crippen LogP contribution < -0.4 is 0 Å². The van der Waals surface area contributed by atoms with Gasteiger partial charge in [0.05, 0.1) is 23.6 Å². The van der Waals surface area contributed by atoms with E-state index in [1.165, 1.54) is 23.1 Å². The van der Waals surface area contributed by atoms with E-state index < -0.39 is 27.6 Å². The Morgan fingerprint density at radius 2 is 2.04 bits per heavy atom. The van der Waals surface area contributed by atoms with Crippen molar-refractivity contribution in [3.63, 3.8) is 0 Å². The van der Waals surface area contributed by atoms with Crippen molar-refractivity contribution in [3.8, 4) is 0 Å². The van der Waals surface area contributed by atoms with Gasteiger partial charge in [0.1, 0.15) is 17.3 Å². The minimum atomic E-state index is -3.17. The number of amides is 1. The van der Waals surface area contributed by atoms with E-state index in [1.807, 2.05) is 0 Å². The molecule has 128 valence electrons. The molecule has 1 aliphatic heterocycles. The second kappa shape index (κ2) is 6.39. The maximum Gasteiger partial charge on any atom is 0.257 e. The Kier molecular flexibility index (Phi) is 4.45. The Labute approximate surface area is 140 Å². The van der Waals surface area contributed by atoms with E-state index in [2.05, 4.69) is 0 Å². The molecule has 1 aromatic heterocycles. The molecule has 0 bridgehead atoms. The minimum Gasteiger partial charge on any atom is -0.464 e. The fourth-order valence-corrected chi connectivity index (χ4v) is 4.65. The zero-order chi connectivity index (χ0) is 17.3. The summed E-state index contributed by atoms with van der Waals surface area (Å²) in [4.78, 5) is 14.2. The summed E-state index contributed by atoms with van der Waals surface area (Å²) in [6.45, 7) is 1.90. The van der Waals surface area contributed by atoms with E-state index in [9.17, 15) is 17.6 Å². The molecule has 0 N–H and O–H groups in total. The van der Waals surface area contributed by atoms with Gasteiger partial charge in [0, 0.05) is 6.04 Å². The molecule has 7 heteroatoms. The third-order valence-electron chi connectivity index (χ3n) is 4.14. The number of nitrogens with zero attached hydrogens (tertiary/aromatic N) is 1. The molecule has 1 fully saturated rings. The molecule has 3 rings (SSSR count). The van der Waals surface area contributed by atoms with Gasteiger partial charge in [-0.1, -0.05) is 12.1 Å². The van der Waals surface area contributed by atoms with Crippen LogP contribution in [0.1, 0.15) is 28.3 Å². The predicted molar refractivity (Wildman–Crippen MR) is 86.8 cm³/mol. The number of halogens is 1. The molecule has 1 aliphatic rings. The van der Waals surface area contributed by atoms with E-state index in [1.54, 1.807) is 25.1 Å². The second-order valence-electron chi connectivity index (χ2n) is 5.98. The first-order valence-electron chi connectivity index (χ1n) is 7.67. The summed E-state index contributed by atoms with van der Waals surface area (Å²) in [5.41, 5.74) is -0.0647. The van der Waals surface area contributed by atoms with Gasteiger partial charge < -0.3 is 9.32 Å². The number of hydrogen-bond donors (Lipinski definition) is 0. The zero-order valence-corrected chi connectivity index (χ0v) is 14.1. The highest BCUT2D eigenvalue weighted by atomic mass is 32.2. The van der Waals surface area contributed by atoms with Crippen molar-refractivity contribution in [1.82, 2.24) is 4.90 Å². The van der Waals surface area contributed by atoms with Crippen molar-refractivity contribution in [2.75, 3.05) is 11.5 Å². The zero-order valence-electron chi connectivity index (χ0n) is 13.2. The van der Waals surface area contributed by atoms with E-state index in [4.69, 9.17) is 4.42 Å². The average Bonchev–Trinajstić information content (AvgIpc) is 3.10. The first-order chi connectivity index (χ1) is 11.4. The molecule has 0 unspecified atom stereocenters.